The lowest BCUT2D eigenvalue weighted by atomic mass is 9.99. The highest BCUT2D eigenvalue weighted by Gasteiger charge is 2.19. The van der Waals surface area contributed by atoms with Gasteiger partial charge in [-0.05, 0) is 57.3 Å². The van der Waals surface area contributed by atoms with Crippen molar-refractivity contribution in [1.82, 2.24) is 15.0 Å². The normalized spacial score (nSPS) is 11.5. The molecule has 0 atom stereocenters. The molecule has 57 heavy (non-hydrogen) atoms. The van der Waals surface area contributed by atoms with Crippen molar-refractivity contribution >= 4 is 43.6 Å². The first-order valence-corrected chi connectivity index (χ1v) is 19.2. The van der Waals surface area contributed by atoms with Crippen LogP contribution in [-0.4, -0.2) is 15.0 Å². The number of rotatable bonds is 6. The summed E-state index contributed by atoms with van der Waals surface area (Å²) in [5, 5.41) is 5.59. The van der Waals surface area contributed by atoms with Crippen molar-refractivity contribution in [2.45, 2.75) is 0 Å². The Morgan fingerprint density at radius 3 is 1.42 bits per heavy atom. The van der Waals surface area contributed by atoms with Gasteiger partial charge in [0.2, 0.25) is 0 Å². The first kappa shape index (κ1) is 32.7. The Hall–Kier alpha value is -7.69. The quantitative estimate of drug-likeness (QED) is 0.160. The first-order chi connectivity index (χ1) is 28.2. The van der Waals surface area contributed by atoms with Crippen molar-refractivity contribution in [3.05, 3.63) is 200 Å². The number of para-hydroxylation sites is 1. The predicted molar refractivity (Wildman–Crippen MR) is 235 cm³/mol. The van der Waals surface area contributed by atoms with E-state index in [4.69, 9.17) is 19.4 Å². The number of hydrogen-bond acceptors (Lipinski definition) is 4. The van der Waals surface area contributed by atoms with Crippen LogP contribution in [0.4, 0.5) is 0 Å². The van der Waals surface area contributed by atoms with E-state index in [-0.39, 0.29) is 0 Å². The summed E-state index contributed by atoms with van der Waals surface area (Å²) in [6.07, 6.45) is 0. The largest absolute Gasteiger partial charge is 0.454 e. The fourth-order valence-electron chi connectivity index (χ4n) is 7.94. The van der Waals surface area contributed by atoms with Gasteiger partial charge in [-0.2, -0.15) is 0 Å². The van der Waals surface area contributed by atoms with E-state index in [0.29, 0.717) is 5.82 Å². The molecule has 0 radical (unpaired) electrons. The molecule has 0 N–H and O–H groups in total. The number of aromatic nitrogens is 3. The second kappa shape index (κ2) is 13.6. The maximum atomic E-state index is 6.59. The third-order valence-corrected chi connectivity index (χ3v) is 10.9. The maximum absolute atomic E-state index is 6.59. The van der Waals surface area contributed by atoms with E-state index in [0.717, 1.165) is 88.7 Å². The van der Waals surface area contributed by atoms with E-state index in [1.165, 1.54) is 16.5 Å². The predicted octanol–water partition coefficient (Wildman–Crippen LogP) is 14.1. The van der Waals surface area contributed by atoms with Gasteiger partial charge in [0.1, 0.15) is 11.3 Å². The molecule has 3 heterocycles. The Balaban J connectivity index is 1.03. The fraction of sp³-hybridized carbons (Fsp3) is 0. The molecule has 0 amide bonds. The van der Waals surface area contributed by atoms with Crippen LogP contribution in [0.25, 0.3) is 111 Å². The van der Waals surface area contributed by atoms with Gasteiger partial charge in [-0.1, -0.05) is 176 Å². The molecule has 0 spiro atoms. The fourth-order valence-corrected chi connectivity index (χ4v) is 7.94. The van der Waals surface area contributed by atoms with Crippen molar-refractivity contribution in [2.75, 3.05) is 0 Å². The Bertz CT molecular complexity index is 3140. The van der Waals surface area contributed by atoms with Crippen LogP contribution in [0.3, 0.4) is 0 Å². The van der Waals surface area contributed by atoms with E-state index in [2.05, 4.69) is 176 Å². The molecule has 0 aliphatic heterocycles. The second-order valence-electron chi connectivity index (χ2n) is 14.4. The van der Waals surface area contributed by atoms with E-state index >= 15 is 0 Å². The number of fused-ring (bicyclic) bond motifs is 6. The number of hydrogen-bond donors (Lipinski definition) is 0. The molecule has 0 saturated carbocycles. The summed E-state index contributed by atoms with van der Waals surface area (Å²) < 4.78 is 6.59. The van der Waals surface area contributed by atoms with Crippen LogP contribution >= 0.6 is 0 Å². The topological polar surface area (TPSA) is 51.8 Å². The smallest absolute Gasteiger partial charge is 0.162 e. The van der Waals surface area contributed by atoms with Crippen LogP contribution in [-0.2, 0) is 0 Å². The van der Waals surface area contributed by atoms with Crippen LogP contribution in [0.15, 0.2) is 205 Å². The molecule has 4 heteroatoms. The van der Waals surface area contributed by atoms with Crippen LogP contribution in [0, 0.1) is 0 Å². The maximum Gasteiger partial charge on any atom is 0.162 e. The number of pyridine rings is 1. The molecule has 0 fully saturated rings. The lowest BCUT2D eigenvalue weighted by Crippen LogP contribution is -1.96. The molecular weight excluding hydrogens is 695 g/mol. The van der Waals surface area contributed by atoms with Gasteiger partial charge >= 0.3 is 0 Å². The lowest BCUT2D eigenvalue weighted by Gasteiger charge is -2.12. The van der Waals surface area contributed by atoms with Gasteiger partial charge in [0.15, 0.2) is 11.4 Å². The molecular formula is C53H33N3O. The van der Waals surface area contributed by atoms with Gasteiger partial charge < -0.3 is 4.42 Å². The summed E-state index contributed by atoms with van der Waals surface area (Å²) in [7, 11) is 0. The van der Waals surface area contributed by atoms with Crippen LogP contribution in [0.5, 0.6) is 0 Å². The average Bonchev–Trinajstić information content (AvgIpc) is 3.69. The molecule has 4 nitrogen and oxygen atoms in total. The first-order valence-electron chi connectivity index (χ1n) is 19.2. The van der Waals surface area contributed by atoms with E-state index in [1.54, 1.807) is 0 Å². The second-order valence-corrected chi connectivity index (χ2v) is 14.4. The SMILES string of the molecule is c1ccc(-c2ccc(-c3cc(-c4ccc(-c5nc6cc7ccccc7cc6c6c5oc5ccccc56)cc4)nc(-c4ccc(-c5ccccc5)cc4)n3)cc2)cc1. The highest BCUT2D eigenvalue weighted by Crippen LogP contribution is 2.41. The molecule has 0 unspecified atom stereocenters. The highest BCUT2D eigenvalue weighted by atomic mass is 16.3. The zero-order valence-electron chi connectivity index (χ0n) is 30.8. The van der Waals surface area contributed by atoms with Crippen LogP contribution < -0.4 is 0 Å². The number of benzene rings is 8. The summed E-state index contributed by atoms with van der Waals surface area (Å²) in [4.78, 5) is 15.6. The molecule has 0 bridgehead atoms. The molecule has 8 aromatic carbocycles. The monoisotopic (exact) mass is 727 g/mol. The van der Waals surface area contributed by atoms with Crippen molar-refractivity contribution < 1.29 is 4.42 Å². The van der Waals surface area contributed by atoms with Gasteiger partial charge in [-0.3, -0.25) is 0 Å². The molecule has 0 saturated heterocycles. The highest BCUT2D eigenvalue weighted by molar-refractivity contribution is 6.22. The summed E-state index contributed by atoms with van der Waals surface area (Å²) >= 11 is 0. The van der Waals surface area contributed by atoms with Gasteiger partial charge in [-0.25, -0.2) is 15.0 Å². The van der Waals surface area contributed by atoms with Gasteiger partial charge in [-0.15, -0.1) is 0 Å². The molecule has 3 aromatic heterocycles. The summed E-state index contributed by atoms with van der Waals surface area (Å²) in [5.74, 6) is 0.672. The Morgan fingerprint density at radius 1 is 0.333 bits per heavy atom. The molecule has 11 rings (SSSR count). The van der Waals surface area contributed by atoms with Crippen LogP contribution in [0.1, 0.15) is 0 Å². The third-order valence-electron chi connectivity index (χ3n) is 10.9. The average molecular weight is 728 g/mol. The van der Waals surface area contributed by atoms with Crippen molar-refractivity contribution in [3.63, 3.8) is 0 Å². The third kappa shape index (κ3) is 5.92. The minimum Gasteiger partial charge on any atom is -0.454 e. The van der Waals surface area contributed by atoms with E-state index in [1.807, 2.05) is 24.3 Å². The van der Waals surface area contributed by atoms with Crippen molar-refractivity contribution in [3.8, 4) is 67.4 Å². The van der Waals surface area contributed by atoms with Crippen molar-refractivity contribution in [1.29, 1.82) is 0 Å². The minimum absolute atomic E-state index is 0.672. The Labute approximate surface area is 329 Å². The lowest BCUT2D eigenvalue weighted by molar-refractivity contribution is 0.669. The molecule has 266 valence electrons. The Kier molecular flexibility index (Phi) is 7.78. The van der Waals surface area contributed by atoms with Gasteiger partial charge in [0, 0.05) is 38.4 Å². The zero-order valence-corrected chi connectivity index (χ0v) is 30.8. The molecule has 11 aromatic rings. The van der Waals surface area contributed by atoms with E-state index < -0.39 is 0 Å². The molecule has 0 aliphatic carbocycles. The number of furan rings is 1. The Morgan fingerprint density at radius 2 is 0.807 bits per heavy atom. The van der Waals surface area contributed by atoms with E-state index in [9.17, 15) is 0 Å². The summed E-state index contributed by atoms with van der Waals surface area (Å²) in [5.41, 5.74) is 13.7. The van der Waals surface area contributed by atoms with Gasteiger partial charge in [0.05, 0.1) is 16.9 Å². The zero-order chi connectivity index (χ0) is 37.7. The summed E-state index contributed by atoms with van der Waals surface area (Å²) in [6, 6.07) is 69.7. The van der Waals surface area contributed by atoms with Crippen molar-refractivity contribution in [2.24, 2.45) is 0 Å². The van der Waals surface area contributed by atoms with Gasteiger partial charge in [0.25, 0.3) is 0 Å². The minimum atomic E-state index is 0.672. The molecule has 0 aliphatic rings. The standard InChI is InChI=1S/C53H33N3O/c1-3-11-34(12-4-1)36-19-23-38(24-20-36)46-33-47(56-53(55-46)41-29-21-37(22-30-41)35-13-5-2-6-14-35)39-25-27-40(28-26-39)51-52-50(44-17-9-10-18-49(44)57-52)45-31-42-15-7-8-16-43(42)32-48(45)54-51/h1-33H. The van der Waals surface area contributed by atoms with Crippen LogP contribution in [0.2, 0.25) is 0 Å². The number of nitrogens with zero attached hydrogens (tertiary/aromatic N) is 3. The summed E-state index contributed by atoms with van der Waals surface area (Å²) in [6.45, 7) is 0.